The highest BCUT2D eigenvalue weighted by atomic mass is 14.7. The molecule has 0 N–H and O–H groups in total. The molecule has 2 heteroatoms. The van der Waals surface area contributed by atoms with Crippen LogP contribution in [0, 0.1) is 6.92 Å². The monoisotopic (exact) mass is 147 g/mol. The molecule has 0 fully saturated rings. The van der Waals surface area contributed by atoms with Gasteiger partial charge in [-0.05, 0) is 30.1 Å². The second-order valence-electron chi connectivity index (χ2n) is 3.28. The van der Waals surface area contributed by atoms with E-state index in [-0.39, 0.29) is 0 Å². The smallest absolute Gasteiger partial charge is 0.164 e. The van der Waals surface area contributed by atoms with Crippen molar-refractivity contribution in [3.8, 4) is 0 Å². The Hall–Kier alpha value is -0.785. The van der Waals surface area contributed by atoms with Gasteiger partial charge in [-0.3, -0.25) is 4.98 Å². The van der Waals surface area contributed by atoms with Gasteiger partial charge in [0.2, 0.25) is 0 Å². The number of aryl methyl sites for hydroxylation is 1. The molecule has 0 bridgehead atoms. The minimum Gasteiger partial charge on any atom is -0.269 e. The summed E-state index contributed by atoms with van der Waals surface area (Å²) in [5, 5.41) is 0. The third-order valence-electron chi connectivity index (χ3n) is 1.89. The van der Waals surface area contributed by atoms with Crippen molar-refractivity contribution in [2.75, 3.05) is 0 Å². The molecule has 0 aliphatic heterocycles. The molecule has 1 heterocycles. The second-order valence-corrected chi connectivity index (χ2v) is 3.28. The van der Waals surface area contributed by atoms with E-state index in [1.807, 2.05) is 6.92 Å². The molecule has 1 aromatic heterocycles. The minimum atomic E-state index is 0.586. The van der Waals surface area contributed by atoms with Crippen LogP contribution in [0.1, 0.15) is 31.0 Å². The van der Waals surface area contributed by atoms with Crippen molar-refractivity contribution in [1.29, 1.82) is 0 Å². The van der Waals surface area contributed by atoms with Crippen LogP contribution in [0.5, 0.6) is 0 Å². The maximum absolute atomic E-state index is 4.39. The van der Waals surface area contributed by atoms with Crippen molar-refractivity contribution in [3.63, 3.8) is 0 Å². The predicted octanol–water partition coefficient (Wildman–Crippen LogP) is 0.772. The Morgan fingerprint density at radius 2 is 2.00 bits per heavy atom. The molecular formula is C9H14BN. The van der Waals surface area contributed by atoms with E-state index in [0.717, 1.165) is 5.69 Å². The van der Waals surface area contributed by atoms with Crippen molar-refractivity contribution >= 4 is 13.4 Å². The highest BCUT2D eigenvalue weighted by Gasteiger charge is 2.02. The van der Waals surface area contributed by atoms with Gasteiger partial charge in [-0.15, -0.1) is 0 Å². The number of nitrogens with zero attached hydrogens (tertiary/aromatic N) is 1. The molecule has 0 aromatic carbocycles. The number of hydrogen-bond donors (Lipinski definition) is 0. The van der Waals surface area contributed by atoms with E-state index >= 15 is 0 Å². The minimum absolute atomic E-state index is 0.586. The first-order valence-corrected chi connectivity index (χ1v) is 4.05. The molecule has 0 spiro atoms. The molecule has 0 saturated carbocycles. The lowest BCUT2D eigenvalue weighted by atomic mass is 9.90. The fourth-order valence-corrected chi connectivity index (χ4v) is 1.31. The average Bonchev–Trinajstić information content (AvgIpc) is 1.85. The summed E-state index contributed by atoms with van der Waals surface area (Å²) in [6.07, 6.45) is 0. The summed E-state index contributed by atoms with van der Waals surface area (Å²) >= 11 is 0. The zero-order chi connectivity index (χ0) is 8.43. The van der Waals surface area contributed by atoms with E-state index in [4.69, 9.17) is 0 Å². The Morgan fingerprint density at radius 1 is 1.36 bits per heavy atom. The molecule has 0 aliphatic carbocycles. The number of aromatic nitrogens is 1. The molecule has 0 amide bonds. The SMILES string of the molecule is Bc1nc(C)ccc1C(C)C. The van der Waals surface area contributed by atoms with Crippen LogP contribution in [0.25, 0.3) is 0 Å². The number of hydrogen-bond acceptors (Lipinski definition) is 1. The number of rotatable bonds is 1. The van der Waals surface area contributed by atoms with Crippen LogP contribution < -0.4 is 5.59 Å². The fraction of sp³-hybridized carbons (Fsp3) is 0.444. The molecule has 11 heavy (non-hydrogen) atoms. The van der Waals surface area contributed by atoms with Crippen LogP contribution >= 0.6 is 0 Å². The lowest BCUT2D eigenvalue weighted by Crippen LogP contribution is -2.16. The van der Waals surface area contributed by atoms with Crippen molar-refractivity contribution in [2.45, 2.75) is 26.7 Å². The van der Waals surface area contributed by atoms with Crippen molar-refractivity contribution in [2.24, 2.45) is 0 Å². The second kappa shape index (κ2) is 3.08. The third kappa shape index (κ3) is 1.82. The first-order chi connectivity index (χ1) is 5.11. The molecule has 0 atom stereocenters. The first-order valence-electron chi connectivity index (χ1n) is 4.05. The standard InChI is InChI=1S/C9H14BN/c1-6(2)8-5-4-7(3)11-9(8)10/h4-6H,10H2,1-3H3. The molecule has 1 rings (SSSR count). The van der Waals surface area contributed by atoms with Gasteiger partial charge in [0.25, 0.3) is 0 Å². The molecular weight excluding hydrogens is 133 g/mol. The maximum Gasteiger partial charge on any atom is 0.164 e. The molecule has 0 aliphatic rings. The van der Waals surface area contributed by atoms with E-state index < -0.39 is 0 Å². The molecule has 0 saturated heterocycles. The van der Waals surface area contributed by atoms with Crippen LogP contribution in [-0.2, 0) is 0 Å². The van der Waals surface area contributed by atoms with Gasteiger partial charge >= 0.3 is 0 Å². The Morgan fingerprint density at radius 3 is 2.45 bits per heavy atom. The van der Waals surface area contributed by atoms with Gasteiger partial charge in [0.1, 0.15) is 0 Å². The third-order valence-corrected chi connectivity index (χ3v) is 1.89. The predicted molar refractivity (Wildman–Crippen MR) is 51.2 cm³/mol. The lowest BCUT2D eigenvalue weighted by Gasteiger charge is -2.08. The van der Waals surface area contributed by atoms with Crippen LogP contribution in [0.15, 0.2) is 12.1 Å². The topological polar surface area (TPSA) is 12.9 Å². The largest absolute Gasteiger partial charge is 0.269 e. The summed E-state index contributed by atoms with van der Waals surface area (Å²) in [4.78, 5) is 4.39. The van der Waals surface area contributed by atoms with Gasteiger partial charge in [0.15, 0.2) is 7.85 Å². The van der Waals surface area contributed by atoms with E-state index in [9.17, 15) is 0 Å². The summed E-state index contributed by atoms with van der Waals surface area (Å²) < 4.78 is 0. The summed E-state index contributed by atoms with van der Waals surface area (Å²) in [7, 11) is 2.07. The molecule has 0 unspecified atom stereocenters. The average molecular weight is 147 g/mol. The van der Waals surface area contributed by atoms with Crippen LogP contribution in [0.4, 0.5) is 0 Å². The quantitative estimate of drug-likeness (QED) is 0.534. The lowest BCUT2D eigenvalue weighted by molar-refractivity contribution is 0.866. The van der Waals surface area contributed by atoms with Gasteiger partial charge in [0, 0.05) is 5.69 Å². The van der Waals surface area contributed by atoms with E-state index in [1.54, 1.807) is 0 Å². The fourth-order valence-electron chi connectivity index (χ4n) is 1.31. The van der Waals surface area contributed by atoms with Crippen molar-refractivity contribution in [1.82, 2.24) is 4.98 Å². The van der Waals surface area contributed by atoms with Crippen LogP contribution in [0.2, 0.25) is 0 Å². The Kier molecular flexibility index (Phi) is 2.33. The molecule has 0 radical (unpaired) electrons. The van der Waals surface area contributed by atoms with Gasteiger partial charge < -0.3 is 0 Å². The van der Waals surface area contributed by atoms with Crippen LogP contribution in [-0.4, -0.2) is 12.8 Å². The zero-order valence-corrected chi connectivity index (χ0v) is 7.68. The Balaban J connectivity index is 3.09. The molecule has 58 valence electrons. The van der Waals surface area contributed by atoms with E-state index in [1.165, 1.54) is 11.2 Å². The van der Waals surface area contributed by atoms with Gasteiger partial charge in [-0.25, -0.2) is 0 Å². The normalized spacial score (nSPS) is 10.5. The highest BCUT2D eigenvalue weighted by molar-refractivity contribution is 6.31. The summed E-state index contributed by atoms with van der Waals surface area (Å²) in [5.41, 5.74) is 3.63. The number of pyridine rings is 1. The first kappa shape index (κ1) is 8.31. The molecule has 1 nitrogen and oxygen atoms in total. The Bertz CT molecular complexity index is 256. The van der Waals surface area contributed by atoms with Gasteiger partial charge in [-0.2, -0.15) is 0 Å². The van der Waals surface area contributed by atoms with Gasteiger partial charge in [0.05, 0.1) is 0 Å². The van der Waals surface area contributed by atoms with Crippen molar-refractivity contribution in [3.05, 3.63) is 23.4 Å². The van der Waals surface area contributed by atoms with Gasteiger partial charge in [-0.1, -0.05) is 19.9 Å². The zero-order valence-electron chi connectivity index (χ0n) is 7.68. The maximum atomic E-state index is 4.39. The highest BCUT2D eigenvalue weighted by Crippen LogP contribution is 2.09. The van der Waals surface area contributed by atoms with E-state index in [0.29, 0.717) is 5.92 Å². The van der Waals surface area contributed by atoms with Crippen LogP contribution in [0.3, 0.4) is 0 Å². The Labute approximate surface area is 69.3 Å². The summed E-state index contributed by atoms with van der Waals surface area (Å²) in [6, 6.07) is 4.24. The van der Waals surface area contributed by atoms with Crippen molar-refractivity contribution < 1.29 is 0 Å². The van der Waals surface area contributed by atoms with E-state index in [2.05, 4.69) is 38.8 Å². The summed E-state index contributed by atoms with van der Waals surface area (Å²) in [6.45, 7) is 6.41. The summed E-state index contributed by atoms with van der Waals surface area (Å²) in [5.74, 6) is 0.586. The molecule has 1 aromatic rings.